The summed E-state index contributed by atoms with van der Waals surface area (Å²) in [6.45, 7) is 6.29. The van der Waals surface area contributed by atoms with E-state index in [1.165, 1.54) is 0 Å². The van der Waals surface area contributed by atoms with Crippen molar-refractivity contribution < 1.29 is 9.21 Å². The Balaban J connectivity index is 2.83. The van der Waals surface area contributed by atoms with Gasteiger partial charge in [0.15, 0.2) is 5.89 Å². The molecule has 1 amide bonds. The molecule has 0 radical (unpaired) electrons. The normalized spacial score (nSPS) is 9.88. The number of aromatic nitrogens is 1. The molecule has 0 fully saturated rings. The van der Waals surface area contributed by atoms with E-state index in [0.29, 0.717) is 31.1 Å². The van der Waals surface area contributed by atoms with E-state index >= 15 is 0 Å². The molecular formula is C11H15N3O2. The van der Waals surface area contributed by atoms with Gasteiger partial charge in [0.2, 0.25) is 5.76 Å². The third-order valence-corrected chi connectivity index (χ3v) is 2.26. The summed E-state index contributed by atoms with van der Waals surface area (Å²) in [5.74, 6) is 0.560. The molecule has 0 aliphatic rings. The van der Waals surface area contributed by atoms with E-state index in [1.807, 2.05) is 13.0 Å². The van der Waals surface area contributed by atoms with Gasteiger partial charge in [0.1, 0.15) is 0 Å². The minimum atomic E-state index is -0.198. The fraction of sp³-hybridized carbons (Fsp3) is 0.545. The fourth-order valence-corrected chi connectivity index (χ4v) is 1.46. The third kappa shape index (κ3) is 2.60. The molecular weight excluding hydrogens is 206 g/mol. The van der Waals surface area contributed by atoms with Gasteiger partial charge >= 0.3 is 0 Å². The van der Waals surface area contributed by atoms with Gasteiger partial charge < -0.3 is 9.32 Å². The molecule has 0 atom stereocenters. The summed E-state index contributed by atoms with van der Waals surface area (Å²) in [6.07, 6.45) is 0.325. The first-order chi connectivity index (χ1) is 7.60. The van der Waals surface area contributed by atoms with Crippen LogP contribution in [-0.4, -0.2) is 28.9 Å². The van der Waals surface area contributed by atoms with Crippen molar-refractivity contribution >= 4 is 5.91 Å². The predicted octanol–water partition coefficient (Wildman–Crippen LogP) is 1.67. The van der Waals surface area contributed by atoms with Gasteiger partial charge in [-0.25, -0.2) is 4.98 Å². The average Bonchev–Trinajstić information content (AvgIpc) is 2.58. The van der Waals surface area contributed by atoms with Gasteiger partial charge in [-0.2, -0.15) is 5.26 Å². The van der Waals surface area contributed by atoms with Crippen molar-refractivity contribution in [2.75, 3.05) is 13.1 Å². The van der Waals surface area contributed by atoms with E-state index in [4.69, 9.17) is 9.68 Å². The maximum Gasteiger partial charge on any atom is 0.291 e. The zero-order valence-electron chi connectivity index (χ0n) is 9.78. The summed E-state index contributed by atoms with van der Waals surface area (Å²) in [7, 11) is 0. The molecule has 5 heteroatoms. The van der Waals surface area contributed by atoms with Crippen molar-refractivity contribution in [1.82, 2.24) is 9.88 Å². The summed E-state index contributed by atoms with van der Waals surface area (Å²) in [6, 6.07) is 2.02. The van der Waals surface area contributed by atoms with E-state index in [9.17, 15) is 4.79 Å². The van der Waals surface area contributed by atoms with Crippen LogP contribution < -0.4 is 0 Å². The highest BCUT2D eigenvalue weighted by molar-refractivity contribution is 5.92. The number of hydrogen-bond donors (Lipinski definition) is 0. The van der Waals surface area contributed by atoms with Gasteiger partial charge in [-0.05, 0) is 13.8 Å². The van der Waals surface area contributed by atoms with Crippen molar-refractivity contribution in [3.05, 3.63) is 17.3 Å². The minimum Gasteiger partial charge on any atom is -0.436 e. The SMILES string of the molecule is CCN(CCC#N)C(=O)c1oc(C)nc1C. The Morgan fingerprint density at radius 1 is 1.56 bits per heavy atom. The molecule has 0 aromatic carbocycles. The van der Waals surface area contributed by atoms with E-state index < -0.39 is 0 Å². The lowest BCUT2D eigenvalue weighted by Crippen LogP contribution is -2.31. The van der Waals surface area contributed by atoms with E-state index in [2.05, 4.69) is 4.98 Å². The van der Waals surface area contributed by atoms with Crippen molar-refractivity contribution in [2.24, 2.45) is 0 Å². The van der Waals surface area contributed by atoms with E-state index in [0.717, 1.165) is 0 Å². The predicted molar refractivity (Wildman–Crippen MR) is 57.8 cm³/mol. The van der Waals surface area contributed by atoms with Crippen LogP contribution >= 0.6 is 0 Å². The van der Waals surface area contributed by atoms with Crippen LogP contribution in [0.25, 0.3) is 0 Å². The number of nitriles is 1. The average molecular weight is 221 g/mol. The smallest absolute Gasteiger partial charge is 0.291 e. The quantitative estimate of drug-likeness (QED) is 0.775. The van der Waals surface area contributed by atoms with Gasteiger partial charge in [-0.3, -0.25) is 4.79 Å². The topological polar surface area (TPSA) is 70.1 Å². The Morgan fingerprint density at radius 3 is 2.69 bits per heavy atom. The Labute approximate surface area is 94.7 Å². The first-order valence-corrected chi connectivity index (χ1v) is 5.20. The minimum absolute atomic E-state index is 0.198. The molecule has 0 bridgehead atoms. The Bertz CT molecular complexity index is 417. The third-order valence-electron chi connectivity index (χ3n) is 2.26. The summed E-state index contributed by atoms with van der Waals surface area (Å²) < 4.78 is 5.25. The molecule has 0 aliphatic carbocycles. The largest absolute Gasteiger partial charge is 0.436 e. The highest BCUT2D eigenvalue weighted by Crippen LogP contribution is 2.12. The second-order valence-corrected chi connectivity index (χ2v) is 3.44. The molecule has 0 unspecified atom stereocenters. The number of carbonyl (C=O) groups excluding carboxylic acids is 1. The monoisotopic (exact) mass is 221 g/mol. The molecule has 16 heavy (non-hydrogen) atoms. The maximum atomic E-state index is 12.0. The first kappa shape index (κ1) is 12.2. The van der Waals surface area contributed by atoms with Crippen LogP contribution in [0.2, 0.25) is 0 Å². The molecule has 86 valence electrons. The second kappa shape index (κ2) is 5.31. The van der Waals surface area contributed by atoms with Crippen LogP contribution in [0.1, 0.15) is 35.5 Å². The van der Waals surface area contributed by atoms with Crippen molar-refractivity contribution in [2.45, 2.75) is 27.2 Å². The lowest BCUT2D eigenvalue weighted by atomic mass is 10.3. The van der Waals surface area contributed by atoms with Crippen molar-refractivity contribution in [3.8, 4) is 6.07 Å². The van der Waals surface area contributed by atoms with Crippen LogP contribution in [-0.2, 0) is 0 Å². The highest BCUT2D eigenvalue weighted by atomic mass is 16.4. The van der Waals surface area contributed by atoms with Crippen LogP contribution in [0.4, 0.5) is 0 Å². The standard InChI is InChI=1S/C11H15N3O2/c1-4-14(7-5-6-12)11(15)10-8(2)13-9(3)16-10/h4-5,7H2,1-3H3. The van der Waals surface area contributed by atoms with Crippen molar-refractivity contribution in [3.63, 3.8) is 0 Å². The zero-order chi connectivity index (χ0) is 12.1. The molecule has 1 aromatic rings. The second-order valence-electron chi connectivity index (χ2n) is 3.44. The molecule has 0 saturated heterocycles. The maximum absolute atomic E-state index is 12.0. The first-order valence-electron chi connectivity index (χ1n) is 5.20. The number of amides is 1. The number of aryl methyl sites for hydroxylation is 2. The number of nitrogens with zero attached hydrogens (tertiary/aromatic N) is 3. The van der Waals surface area contributed by atoms with Gasteiger partial charge in [0.05, 0.1) is 18.2 Å². The van der Waals surface area contributed by atoms with Gasteiger partial charge in [0.25, 0.3) is 5.91 Å². The van der Waals surface area contributed by atoms with Gasteiger partial charge in [-0.1, -0.05) is 0 Å². The van der Waals surface area contributed by atoms with Crippen molar-refractivity contribution in [1.29, 1.82) is 5.26 Å². The number of carbonyl (C=O) groups is 1. The molecule has 1 aromatic heterocycles. The number of oxazole rings is 1. The lowest BCUT2D eigenvalue weighted by Gasteiger charge is -2.17. The van der Waals surface area contributed by atoms with Gasteiger partial charge in [-0.15, -0.1) is 0 Å². The zero-order valence-corrected chi connectivity index (χ0v) is 9.78. The van der Waals surface area contributed by atoms with Crippen LogP contribution in [0, 0.1) is 25.2 Å². The Kier molecular flexibility index (Phi) is 4.06. The summed E-state index contributed by atoms with van der Waals surface area (Å²) in [4.78, 5) is 17.6. The Morgan fingerprint density at radius 2 is 2.25 bits per heavy atom. The summed E-state index contributed by atoms with van der Waals surface area (Å²) >= 11 is 0. The molecule has 1 heterocycles. The molecule has 0 spiro atoms. The molecule has 1 rings (SSSR count). The molecule has 0 aliphatic heterocycles. The molecule has 0 saturated carbocycles. The van der Waals surface area contributed by atoms with Crippen LogP contribution in [0.3, 0.4) is 0 Å². The Hall–Kier alpha value is -1.83. The number of rotatable bonds is 4. The van der Waals surface area contributed by atoms with Crippen LogP contribution in [0.5, 0.6) is 0 Å². The fourth-order valence-electron chi connectivity index (χ4n) is 1.46. The molecule has 5 nitrogen and oxygen atoms in total. The summed E-state index contributed by atoms with van der Waals surface area (Å²) in [5, 5.41) is 8.50. The van der Waals surface area contributed by atoms with E-state index in [1.54, 1.807) is 18.7 Å². The number of hydrogen-bond acceptors (Lipinski definition) is 4. The summed E-state index contributed by atoms with van der Waals surface area (Å²) in [5.41, 5.74) is 0.595. The molecule has 0 N–H and O–H groups in total. The van der Waals surface area contributed by atoms with E-state index in [-0.39, 0.29) is 11.7 Å². The van der Waals surface area contributed by atoms with Crippen LogP contribution in [0.15, 0.2) is 4.42 Å². The highest BCUT2D eigenvalue weighted by Gasteiger charge is 2.20. The lowest BCUT2D eigenvalue weighted by molar-refractivity contribution is 0.0733. The van der Waals surface area contributed by atoms with Gasteiger partial charge in [0, 0.05) is 20.0 Å².